The number of hydrogen-bond donors (Lipinski definition) is 2. The van der Waals surface area contributed by atoms with Gasteiger partial charge in [0.25, 0.3) is 0 Å². The third kappa shape index (κ3) is 4.66. The quantitative estimate of drug-likeness (QED) is 0.241. The van der Waals surface area contributed by atoms with Crippen molar-refractivity contribution < 1.29 is 9.50 Å². The summed E-state index contributed by atoms with van der Waals surface area (Å²) in [6, 6.07) is 24.3. The summed E-state index contributed by atoms with van der Waals surface area (Å²) in [4.78, 5) is 10.6. The van der Waals surface area contributed by atoms with Crippen molar-refractivity contribution in [1.82, 2.24) is 24.6 Å². The summed E-state index contributed by atoms with van der Waals surface area (Å²) in [5, 5.41) is 16.8. The molecule has 1 aliphatic heterocycles. The maximum Gasteiger partial charge on any atom is 0.138 e. The number of aromatic hydroxyl groups is 1. The molecule has 41 heavy (non-hydrogen) atoms. The average Bonchev–Trinajstić information content (AvgIpc) is 3.61. The Morgan fingerprint density at radius 2 is 1.76 bits per heavy atom. The Bertz CT molecular complexity index is 1830. The first-order chi connectivity index (χ1) is 19.9. The molecular weight excluding hydrogens is 513 g/mol. The molecule has 1 fully saturated rings. The van der Waals surface area contributed by atoms with Gasteiger partial charge in [-0.25, -0.2) is 9.37 Å². The number of aryl methyl sites for hydroxylation is 1. The van der Waals surface area contributed by atoms with Crippen molar-refractivity contribution in [3.05, 3.63) is 113 Å². The molecule has 0 aliphatic carbocycles. The Kier molecular flexibility index (Phi) is 6.31. The van der Waals surface area contributed by atoms with E-state index in [1.54, 1.807) is 4.68 Å². The second-order valence-corrected chi connectivity index (χ2v) is 11.2. The monoisotopic (exact) mass is 545 g/mol. The Morgan fingerprint density at radius 1 is 0.976 bits per heavy atom. The molecule has 7 heteroatoms. The van der Waals surface area contributed by atoms with Crippen LogP contribution in [0.5, 0.6) is 5.75 Å². The molecule has 206 valence electrons. The van der Waals surface area contributed by atoms with Gasteiger partial charge in [-0.3, -0.25) is 4.68 Å². The summed E-state index contributed by atoms with van der Waals surface area (Å²) in [5.74, 6) is 0.743. The van der Waals surface area contributed by atoms with Crippen molar-refractivity contribution >= 4 is 21.9 Å². The van der Waals surface area contributed by atoms with Gasteiger partial charge in [0, 0.05) is 17.1 Å². The van der Waals surface area contributed by atoms with Gasteiger partial charge in [-0.05, 0) is 98.4 Å². The fraction of sp³-hybridized carbons (Fsp3) is 0.235. The summed E-state index contributed by atoms with van der Waals surface area (Å²) >= 11 is 0. The molecule has 6 aromatic rings. The zero-order chi connectivity index (χ0) is 28.1. The van der Waals surface area contributed by atoms with Crippen molar-refractivity contribution in [2.75, 3.05) is 20.1 Å². The number of phenols is 1. The fourth-order valence-corrected chi connectivity index (χ4v) is 6.23. The number of likely N-dealkylation sites (tertiary alicyclic amines) is 1. The number of nitrogens with one attached hydrogen (secondary N) is 1. The Morgan fingerprint density at radius 3 is 2.54 bits per heavy atom. The molecule has 0 bridgehead atoms. The number of rotatable bonds is 5. The number of hydrogen-bond acceptors (Lipinski definition) is 4. The van der Waals surface area contributed by atoms with Crippen molar-refractivity contribution in [2.45, 2.75) is 31.7 Å². The van der Waals surface area contributed by atoms with Gasteiger partial charge >= 0.3 is 0 Å². The van der Waals surface area contributed by atoms with E-state index in [1.165, 1.54) is 36.6 Å². The molecule has 6 nitrogen and oxygen atoms in total. The first-order valence-electron chi connectivity index (χ1n) is 14.1. The van der Waals surface area contributed by atoms with Crippen LogP contribution in [0, 0.1) is 12.7 Å². The van der Waals surface area contributed by atoms with E-state index in [9.17, 15) is 9.50 Å². The van der Waals surface area contributed by atoms with E-state index in [0.717, 1.165) is 51.7 Å². The molecule has 1 aliphatic rings. The molecule has 0 amide bonds. The van der Waals surface area contributed by atoms with Crippen LogP contribution in [-0.4, -0.2) is 49.9 Å². The van der Waals surface area contributed by atoms with Gasteiger partial charge in [0.1, 0.15) is 23.4 Å². The molecule has 0 radical (unpaired) electrons. The minimum absolute atomic E-state index is 0.0153. The van der Waals surface area contributed by atoms with Gasteiger partial charge < -0.3 is 15.0 Å². The van der Waals surface area contributed by atoms with E-state index in [1.807, 2.05) is 30.5 Å². The van der Waals surface area contributed by atoms with Gasteiger partial charge in [-0.15, -0.1) is 0 Å². The van der Waals surface area contributed by atoms with Crippen LogP contribution in [0.2, 0.25) is 0 Å². The van der Waals surface area contributed by atoms with E-state index in [2.05, 4.69) is 60.3 Å². The summed E-state index contributed by atoms with van der Waals surface area (Å²) in [5.41, 5.74) is 7.68. The number of piperidine rings is 1. The summed E-state index contributed by atoms with van der Waals surface area (Å²) in [7, 11) is 2.19. The lowest BCUT2D eigenvalue weighted by molar-refractivity contribution is 0.255. The highest BCUT2D eigenvalue weighted by atomic mass is 19.1. The van der Waals surface area contributed by atoms with Crippen molar-refractivity contribution in [2.24, 2.45) is 0 Å². The predicted octanol–water partition coefficient (Wildman–Crippen LogP) is 7.18. The minimum Gasteiger partial charge on any atom is -0.508 e. The number of H-pyrrole nitrogens is 1. The predicted molar refractivity (Wildman–Crippen MR) is 161 cm³/mol. The van der Waals surface area contributed by atoms with Crippen molar-refractivity contribution in [3.8, 4) is 16.9 Å². The van der Waals surface area contributed by atoms with E-state index in [4.69, 9.17) is 10.1 Å². The molecule has 2 N–H and O–H groups in total. The normalized spacial score (nSPS) is 15.6. The van der Waals surface area contributed by atoms with E-state index >= 15 is 0 Å². The Hall–Kier alpha value is -4.49. The number of fused-ring (bicyclic) bond motifs is 2. The minimum atomic E-state index is -0.651. The van der Waals surface area contributed by atoms with Crippen molar-refractivity contribution in [1.29, 1.82) is 0 Å². The summed E-state index contributed by atoms with van der Waals surface area (Å²) in [6.45, 7) is 4.39. The summed E-state index contributed by atoms with van der Waals surface area (Å²) < 4.78 is 16.2. The van der Waals surface area contributed by atoms with Crippen LogP contribution in [-0.2, 0) is 0 Å². The first kappa shape index (κ1) is 25.5. The zero-order valence-corrected chi connectivity index (χ0v) is 23.2. The molecular formula is C34H32FN5O. The maximum atomic E-state index is 14.4. The second kappa shape index (κ2) is 10.2. The molecule has 1 saturated heterocycles. The lowest BCUT2D eigenvalue weighted by Gasteiger charge is -2.29. The average molecular weight is 546 g/mol. The molecule has 0 spiro atoms. The molecule has 2 aromatic heterocycles. The second-order valence-electron chi connectivity index (χ2n) is 11.2. The van der Waals surface area contributed by atoms with Crippen LogP contribution in [0.1, 0.15) is 47.3 Å². The van der Waals surface area contributed by atoms with Gasteiger partial charge in [-0.1, -0.05) is 48.5 Å². The topological polar surface area (TPSA) is 70.0 Å². The molecule has 1 unspecified atom stereocenters. The first-order valence-corrected chi connectivity index (χ1v) is 14.1. The molecule has 7 rings (SSSR count). The Labute approximate surface area is 238 Å². The smallest absolute Gasteiger partial charge is 0.138 e. The van der Waals surface area contributed by atoms with Crippen LogP contribution in [0.25, 0.3) is 33.1 Å². The standard InChI is InChI=1S/C34H32FN5O/c1-21-27(24-9-7-22(8-10-24)23-15-17-39(2)18-16-23)13-11-25-20-40(38-32(21)25)33(28-19-26(35)12-14-31(28)41)34-36-29-5-3-4-6-30(29)37-34/h3-14,19-20,23,33,41H,15-18H2,1-2H3,(H,36,37). The number of benzene rings is 4. The number of aromatic nitrogens is 4. The van der Waals surface area contributed by atoms with Crippen molar-refractivity contribution in [3.63, 3.8) is 0 Å². The molecule has 3 heterocycles. The lowest BCUT2D eigenvalue weighted by atomic mass is 9.88. The number of nitrogens with zero attached hydrogens (tertiary/aromatic N) is 4. The lowest BCUT2D eigenvalue weighted by Crippen LogP contribution is -2.29. The van der Waals surface area contributed by atoms with Gasteiger partial charge in [0.15, 0.2) is 0 Å². The van der Waals surface area contributed by atoms with Gasteiger partial charge in [-0.2, -0.15) is 5.10 Å². The highest BCUT2D eigenvalue weighted by Gasteiger charge is 2.26. The number of imidazole rings is 1. The molecule has 0 saturated carbocycles. The third-order valence-electron chi connectivity index (χ3n) is 8.58. The maximum absolute atomic E-state index is 14.4. The number of para-hydroxylation sites is 2. The van der Waals surface area contributed by atoms with Gasteiger partial charge in [0.2, 0.25) is 0 Å². The van der Waals surface area contributed by atoms with Crippen LogP contribution in [0.4, 0.5) is 4.39 Å². The molecule has 1 atom stereocenters. The highest BCUT2D eigenvalue weighted by molar-refractivity contribution is 5.88. The number of phenolic OH excluding ortho intramolecular Hbond substituents is 1. The molecule has 4 aromatic carbocycles. The van der Waals surface area contributed by atoms with E-state index < -0.39 is 11.9 Å². The van der Waals surface area contributed by atoms with Crippen LogP contribution in [0.15, 0.2) is 85.1 Å². The SMILES string of the molecule is Cc1c(-c2ccc(C3CCN(C)CC3)cc2)ccc2cn(C(c3nc4ccccc4[nH]3)c3cc(F)ccc3O)nc12. The number of aromatic amines is 1. The number of halogens is 1. The van der Waals surface area contributed by atoms with Gasteiger partial charge in [0.05, 0.1) is 16.6 Å². The van der Waals surface area contributed by atoms with E-state index in [-0.39, 0.29) is 5.75 Å². The highest BCUT2D eigenvalue weighted by Crippen LogP contribution is 2.36. The van der Waals surface area contributed by atoms with Crippen LogP contribution >= 0.6 is 0 Å². The zero-order valence-electron chi connectivity index (χ0n) is 23.2. The Balaban J connectivity index is 1.29. The largest absolute Gasteiger partial charge is 0.508 e. The van der Waals surface area contributed by atoms with Crippen LogP contribution < -0.4 is 0 Å². The third-order valence-corrected chi connectivity index (χ3v) is 8.58. The fourth-order valence-electron chi connectivity index (χ4n) is 6.23. The summed E-state index contributed by atoms with van der Waals surface area (Å²) in [6.07, 6.45) is 4.34. The van der Waals surface area contributed by atoms with Crippen LogP contribution in [0.3, 0.4) is 0 Å². The van der Waals surface area contributed by atoms with E-state index in [0.29, 0.717) is 17.3 Å².